The molecule has 1 aromatic carbocycles. The molecule has 0 radical (unpaired) electrons. The number of nitrogens with zero attached hydrogens (tertiary/aromatic N) is 8. The molecule has 1 atom stereocenters. The van der Waals surface area contributed by atoms with E-state index in [1.54, 1.807) is 29.9 Å². The molecule has 13 nitrogen and oxygen atoms in total. The van der Waals surface area contributed by atoms with Gasteiger partial charge in [0.2, 0.25) is 23.6 Å². The molecule has 228 valence electrons. The number of aryl methyl sites for hydroxylation is 3. The summed E-state index contributed by atoms with van der Waals surface area (Å²) in [5, 5.41) is 11.6. The highest BCUT2D eigenvalue weighted by atomic mass is 19.1. The van der Waals surface area contributed by atoms with Crippen molar-refractivity contribution in [3.8, 4) is 17.1 Å². The van der Waals surface area contributed by atoms with Gasteiger partial charge in [0, 0.05) is 69.3 Å². The summed E-state index contributed by atoms with van der Waals surface area (Å²) in [6.07, 6.45) is 5.14. The van der Waals surface area contributed by atoms with Crippen LogP contribution in [0, 0.1) is 19.7 Å². The van der Waals surface area contributed by atoms with Crippen LogP contribution in [0.1, 0.15) is 17.7 Å². The fourth-order valence-corrected chi connectivity index (χ4v) is 5.19. The summed E-state index contributed by atoms with van der Waals surface area (Å²) in [6.45, 7) is 5.23. The van der Waals surface area contributed by atoms with E-state index in [-0.39, 0.29) is 24.4 Å². The maximum Gasteiger partial charge on any atom is 0.255 e. The molecule has 1 saturated heterocycles. The molecule has 1 fully saturated rings. The van der Waals surface area contributed by atoms with E-state index in [4.69, 9.17) is 9.72 Å². The van der Waals surface area contributed by atoms with E-state index in [0.29, 0.717) is 42.9 Å². The van der Waals surface area contributed by atoms with Crippen LogP contribution in [0.25, 0.3) is 22.2 Å². The largest absolute Gasteiger partial charge is 0.471 e. The predicted octanol–water partition coefficient (Wildman–Crippen LogP) is 3.81. The van der Waals surface area contributed by atoms with Crippen molar-refractivity contribution in [2.45, 2.75) is 26.4 Å². The molecule has 4 aromatic heterocycles. The number of carbonyl (C=O) groups excluding carboxylic acids is 1. The number of ether oxygens (including phenoxy) is 1. The number of H-pyrrole nitrogens is 1. The lowest BCUT2D eigenvalue weighted by atomic mass is 10.1. The lowest BCUT2D eigenvalue weighted by Crippen LogP contribution is -2.33. The molecule has 14 heteroatoms. The molecule has 0 bridgehead atoms. The molecule has 1 unspecified atom stereocenters. The quantitative estimate of drug-likeness (QED) is 0.229. The average Bonchev–Trinajstić information content (AvgIpc) is 3.70. The van der Waals surface area contributed by atoms with Crippen molar-refractivity contribution >= 4 is 40.2 Å². The van der Waals surface area contributed by atoms with E-state index in [1.165, 1.54) is 0 Å². The van der Waals surface area contributed by atoms with Crippen LogP contribution in [0.2, 0.25) is 0 Å². The van der Waals surface area contributed by atoms with Gasteiger partial charge in [-0.25, -0.2) is 15.0 Å². The molecule has 1 aliphatic rings. The normalized spacial score (nSPS) is 15.1. The van der Waals surface area contributed by atoms with Gasteiger partial charge in [0.05, 0.1) is 29.6 Å². The minimum atomic E-state index is -0.613. The molecule has 5 heterocycles. The Morgan fingerprint density at radius 2 is 2.05 bits per heavy atom. The first kappa shape index (κ1) is 29.0. The van der Waals surface area contributed by atoms with Gasteiger partial charge in [-0.2, -0.15) is 14.5 Å². The van der Waals surface area contributed by atoms with Crippen LogP contribution in [0.3, 0.4) is 0 Å². The molecule has 6 rings (SSSR count). The van der Waals surface area contributed by atoms with Crippen LogP contribution >= 0.6 is 0 Å². The third kappa shape index (κ3) is 6.01. The van der Waals surface area contributed by atoms with Crippen LogP contribution < -0.4 is 20.3 Å². The first-order chi connectivity index (χ1) is 21.1. The molecule has 0 spiro atoms. The van der Waals surface area contributed by atoms with Crippen LogP contribution in [0.5, 0.6) is 5.88 Å². The van der Waals surface area contributed by atoms with Crippen LogP contribution in [0.4, 0.5) is 27.8 Å². The van der Waals surface area contributed by atoms with Gasteiger partial charge in [-0.1, -0.05) is 12.1 Å². The topological polar surface area (TPSA) is 142 Å². The van der Waals surface area contributed by atoms with Crippen LogP contribution in [-0.2, 0) is 11.8 Å². The highest BCUT2D eigenvalue weighted by Gasteiger charge is 2.27. The van der Waals surface area contributed by atoms with Crippen LogP contribution in [0.15, 0.2) is 42.9 Å². The number of anilines is 4. The molecule has 1 aliphatic heterocycles. The van der Waals surface area contributed by atoms with E-state index < -0.39 is 5.82 Å². The minimum Gasteiger partial charge on any atom is -0.471 e. The minimum absolute atomic E-state index is 0.0807. The number of aromatic amines is 1. The Kier molecular flexibility index (Phi) is 7.82. The van der Waals surface area contributed by atoms with Gasteiger partial charge in [-0.3, -0.25) is 14.4 Å². The maximum absolute atomic E-state index is 14.3. The summed E-state index contributed by atoms with van der Waals surface area (Å²) in [5.74, 6) is 0.618. The van der Waals surface area contributed by atoms with Crippen molar-refractivity contribution in [2.24, 2.45) is 7.05 Å². The van der Waals surface area contributed by atoms with Gasteiger partial charge in [0.1, 0.15) is 6.10 Å². The lowest BCUT2D eigenvalue weighted by Gasteiger charge is -2.17. The molecule has 0 aliphatic carbocycles. The second kappa shape index (κ2) is 11.9. The van der Waals surface area contributed by atoms with Crippen LogP contribution in [-0.4, -0.2) is 85.3 Å². The van der Waals surface area contributed by atoms with Crippen molar-refractivity contribution < 1.29 is 13.9 Å². The highest BCUT2D eigenvalue weighted by Crippen LogP contribution is 2.33. The number of nitrogens with one attached hydrogen (secondary N) is 3. The third-order valence-corrected chi connectivity index (χ3v) is 7.54. The summed E-state index contributed by atoms with van der Waals surface area (Å²) < 4.78 is 21.9. The number of benzene rings is 1. The first-order valence-electron chi connectivity index (χ1n) is 14.2. The van der Waals surface area contributed by atoms with E-state index in [1.807, 2.05) is 56.3 Å². The second-order valence-corrected chi connectivity index (χ2v) is 11.1. The summed E-state index contributed by atoms with van der Waals surface area (Å²) in [6, 6.07) is 7.68. The number of hydrogen-bond acceptors (Lipinski definition) is 10. The van der Waals surface area contributed by atoms with Crippen molar-refractivity contribution in [1.29, 1.82) is 0 Å². The Bertz CT molecular complexity index is 1810. The fourth-order valence-electron chi connectivity index (χ4n) is 5.19. The summed E-state index contributed by atoms with van der Waals surface area (Å²) in [5.41, 5.74) is 5.05. The van der Waals surface area contributed by atoms with E-state index >= 15 is 0 Å². The first-order valence-corrected chi connectivity index (χ1v) is 14.2. The van der Waals surface area contributed by atoms with E-state index in [0.717, 1.165) is 39.6 Å². The number of amides is 1. The standard InChI is InChI=1S/C30H34FN11O2/c1-17-12-33-29(36-24-11-18(2)41(5)39-24)37-26(17)21-13-32-27-20(21)7-6-8-23(27)35-25(43)16-42-10-9-19(15-42)44-28-22(31)14-34-30(38-28)40(3)4/h6-8,11-14,19,32H,9-10,15-16H2,1-5H3,(H,35,43)(H,33,36,37,39). The summed E-state index contributed by atoms with van der Waals surface area (Å²) in [7, 11) is 5.43. The monoisotopic (exact) mass is 599 g/mol. The van der Waals surface area contributed by atoms with Gasteiger partial charge in [-0.05, 0) is 31.9 Å². The van der Waals surface area contributed by atoms with E-state index in [2.05, 4.69) is 35.7 Å². The number of para-hydroxylation sites is 1. The van der Waals surface area contributed by atoms with Gasteiger partial charge < -0.3 is 25.3 Å². The molecular formula is C30H34FN11O2. The Balaban J connectivity index is 1.13. The molecule has 0 saturated carbocycles. The van der Waals surface area contributed by atoms with Gasteiger partial charge in [0.15, 0.2) is 5.82 Å². The number of fused-ring (bicyclic) bond motifs is 1. The van der Waals surface area contributed by atoms with Crippen molar-refractivity contribution in [3.05, 3.63) is 59.9 Å². The third-order valence-electron chi connectivity index (χ3n) is 7.54. The van der Waals surface area contributed by atoms with E-state index in [9.17, 15) is 9.18 Å². The smallest absolute Gasteiger partial charge is 0.255 e. The van der Waals surface area contributed by atoms with Crippen molar-refractivity contribution in [3.63, 3.8) is 0 Å². The maximum atomic E-state index is 14.3. The van der Waals surface area contributed by atoms with Gasteiger partial charge in [0.25, 0.3) is 5.88 Å². The molecular weight excluding hydrogens is 565 g/mol. The molecule has 1 amide bonds. The van der Waals surface area contributed by atoms with Crippen molar-refractivity contribution in [1.82, 2.24) is 39.6 Å². The zero-order valence-electron chi connectivity index (χ0n) is 25.2. The second-order valence-electron chi connectivity index (χ2n) is 11.1. The zero-order valence-corrected chi connectivity index (χ0v) is 25.2. The number of aromatic nitrogens is 7. The van der Waals surface area contributed by atoms with Gasteiger partial charge >= 0.3 is 0 Å². The Morgan fingerprint density at radius 3 is 2.82 bits per heavy atom. The molecule has 44 heavy (non-hydrogen) atoms. The zero-order chi connectivity index (χ0) is 31.0. The average molecular weight is 600 g/mol. The number of likely N-dealkylation sites (tertiary alicyclic amines) is 1. The van der Waals surface area contributed by atoms with Crippen molar-refractivity contribution in [2.75, 3.05) is 49.3 Å². The summed E-state index contributed by atoms with van der Waals surface area (Å²) in [4.78, 5) is 37.4. The number of carbonyl (C=O) groups is 1. The Morgan fingerprint density at radius 1 is 1.20 bits per heavy atom. The molecule has 3 N–H and O–H groups in total. The Labute approximate surface area is 253 Å². The SMILES string of the molecule is Cc1cnc(Nc2cc(C)n(C)n2)nc1-c1c[nH]c2c(NC(=O)CN3CCC(Oc4nc(N(C)C)ncc4F)C3)cccc12. The van der Waals surface area contributed by atoms with Gasteiger partial charge in [-0.15, -0.1) is 0 Å². The molecule has 5 aromatic rings. The fraction of sp³-hybridized carbons (Fsp3) is 0.333. The Hall–Kier alpha value is -5.11. The highest BCUT2D eigenvalue weighted by molar-refractivity contribution is 6.06. The number of hydrogen-bond donors (Lipinski definition) is 3. The summed E-state index contributed by atoms with van der Waals surface area (Å²) >= 11 is 0. The lowest BCUT2D eigenvalue weighted by molar-refractivity contribution is -0.117. The number of halogens is 1. The number of rotatable bonds is 9. The predicted molar refractivity (Wildman–Crippen MR) is 166 cm³/mol.